The Balaban J connectivity index is 1.85. The second kappa shape index (κ2) is 11.9. The van der Waals surface area contributed by atoms with Crippen LogP contribution in [-0.4, -0.2) is 23.5 Å². The maximum absolute atomic E-state index is 13.0. The van der Waals surface area contributed by atoms with Gasteiger partial charge < -0.3 is 10.4 Å². The average molecular weight is 564 g/mol. The van der Waals surface area contributed by atoms with Gasteiger partial charge in [0.25, 0.3) is 5.91 Å². The van der Waals surface area contributed by atoms with Crippen LogP contribution in [0.1, 0.15) is 70.1 Å². The summed E-state index contributed by atoms with van der Waals surface area (Å²) in [7, 11) is 0. The third kappa shape index (κ3) is 8.11. The van der Waals surface area contributed by atoms with E-state index in [9.17, 15) is 22.8 Å². The molecular weight excluding hydrogens is 531 g/mol. The maximum Gasteiger partial charge on any atom is 0.416 e. The van der Waals surface area contributed by atoms with Gasteiger partial charge in [0.2, 0.25) is 0 Å². The third-order valence-corrected chi connectivity index (χ3v) is 8.44. The molecule has 0 fully saturated rings. The normalized spacial score (nSPS) is 12.8. The zero-order chi connectivity index (χ0) is 28.3. The lowest BCUT2D eigenvalue weighted by atomic mass is 9.90. The highest BCUT2D eigenvalue weighted by Crippen LogP contribution is 2.46. The van der Waals surface area contributed by atoms with Crippen molar-refractivity contribution >= 4 is 35.0 Å². The number of rotatable bonds is 9. The molecule has 0 saturated carbocycles. The Kier molecular flexibility index (Phi) is 9.36. The molecular formula is C29H32F3NO3S2. The highest BCUT2D eigenvalue weighted by molar-refractivity contribution is 7.99. The number of halogens is 3. The van der Waals surface area contributed by atoms with E-state index in [1.165, 1.54) is 23.5 Å². The van der Waals surface area contributed by atoms with Crippen molar-refractivity contribution in [1.82, 2.24) is 5.32 Å². The first-order chi connectivity index (χ1) is 17.6. The fraction of sp³-hybridized carbons (Fsp3) is 0.379. The summed E-state index contributed by atoms with van der Waals surface area (Å²) in [5.41, 5.74) is 2.98. The summed E-state index contributed by atoms with van der Waals surface area (Å²) in [5, 5.41) is 11.5. The number of hydrogen-bond acceptors (Lipinski definition) is 4. The fourth-order valence-electron chi connectivity index (χ4n) is 4.21. The number of hydrogen-bond donors (Lipinski definition) is 2. The first-order valence-corrected chi connectivity index (χ1v) is 13.9. The quantitative estimate of drug-likeness (QED) is 0.256. The number of thiophene rings is 1. The van der Waals surface area contributed by atoms with Crippen molar-refractivity contribution in [2.45, 2.75) is 63.8 Å². The Morgan fingerprint density at radius 3 is 2.13 bits per heavy atom. The van der Waals surface area contributed by atoms with Gasteiger partial charge in [-0.15, -0.1) is 23.1 Å². The van der Waals surface area contributed by atoms with Crippen molar-refractivity contribution < 1.29 is 27.9 Å². The van der Waals surface area contributed by atoms with Crippen molar-refractivity contribution in [1.29, 1.82) is 0 Å². The molecule has 1 amide bonds. The summed E-state index contributed by atoms with van der Waals surface area (Å²) in [4.78, 5) is 25.8. The van der Waals surface area contributed by atoms with Gasteiger partial charge in [-0.3, -0.25) is 9.59 Å². The number of aliphatic carboxylic acids is 1. The minimum atomic E-state index is -4.37. The molecule has 1 heterocycles. The lowest BCUT2D eigenvalue weighted by Crippen LogP contribution is -2.25. The zero-order valence-electron chi connectivity index (χ0n) is 22.0. The number of thioether (sulfide) groups is 1. The van der Waals surface area contributed by atoms with Crippen LogP contribution in [0.15, 0.2) is 53.4 Å². The summed E-state index contributed by atoms with van der Waals surface area (Å²) < 4.78 is 39.0. The molecule has 38 heavy (non-hydrogen) atoms. The number of carbonyl (C=O) groups excluding carboxylic acids is 1. The van der Waals surface area contributed by atoms with Crippen molar-refractivity contribution in [3.63, 3.8) is 0 Å². The van der Waals surface area contributed by atoms with Crippen molar-refractivity contribution in [2.75, 3.05) is 6.54 Å². The summed E-state index contributed by atoms with van der Waals surface area (Å²) in [6, 6.07) is 13.1. The second-order valence-corrected chi connectivity index (χ2v) is 12.9. The summed E-state index contributed by atoms with van der Waals surface area (Å²) in [6.45, 7) is 10.5. The Bertz CT molecular complexity index is 1270. The molecule has 1 aromatic heterocycles. The largest absolute Gasteiger partial charge is 0.481 e. The van der Waals surface area contributed by atoms with E-state index in [-0.39, 0.29) is 29.5 Å². The van der Waals surface area contributed by atoms with Crippen LogP contribution >= 0.6 is 23.1 Å². The Morgan fingerprint density at radius 1 is 1.00 bits per heavy atom. The van der Waals surface area contributed by atoms with Gasteiger partial charge in [-0.2, -0.15) is 13.2 Å². The van der Waals surface area contributed by atoms with Crippen LogP contribution in [0.25, 0.3) is 11.1 Å². The van der Waals surface area contributed by atoms with Crippen LogP contribution in [0, 0.1) is 19.3 Å². The number of carboxylic acids is 1. The summed E-state index contributed by atoms with van der Waals surface area (Å²) in [5.74, 6) is -1.25. The minimum absolute atomic E-state index is 0.0236. The van der Waals surface area contributed by atoms with Crippen molar-refractivity contribution in [3.05, 3.63) is 75.0 Å². The van der Waals surface area contributed by atoms with E-state index in [0.717, 1.165) is 50.6 Å². The van der Waals surface area contributed by atoms with Gasteiger partial charge in [0.05, 0.1) is 16.9 Å². The standard InChI is InChI=1S/C29H32F3NO3S2/c1-17-14-21(15-18(2)26(17)19-6-8-20(9-7-19)29(30,31)32)37-24(16-28(3,4)5)22-10-11-23(38-22)27(36)33-13-12-25(34)35/h6-11,14-15,24H,12-13,16H2,1-5H3,(H,33,36)(H,34,35). The monoisotopic (exact) mass is 563 g/mol. The van der Waals surface area contributed by atoms with Crippen molar-refractivity contribution in [2.24, 2.45) is 5.41 Å². The van der Waals surface area contributed by atoms with Crippen LogP contribution in [0.3, 0.4) is 0 Å². The molecule has 0 bridgehead atoms. The fourth-order valence-corrected chi connectivity index (χ4v) is 7.00. The maximum atomic E-state index is 13.0. The SMILES string of the molecule is Cc1cc(SC(CC(C)(C)C)c2ccc(C(=O)NCCC(=O)O)s2)cc(C)c1-c1ccc(C(F)(F)F)cc1. The third-order valence-electron chi connectivity index (χ3n) is 5.88. The van der Waals surface area contributed by atoms with E-state index >= 15 is 0 Å². The van der Waals surface area contributed by atoms with E-state index in [1.807, 2.05) is 19.9 Å². The molecule has 0 aliphatic heterocycles. The Labute approximate surface area is 229 Å². The molecule has 1 unspecified atom stereocenters. The first-order valence-electron chi connectivity index (χ1n) is 12.2. The van der Waals surface area contributed by atoms with Gasteiger partial charge in [0.1, 0.15) is 0 Å². The first kappa shape index (κ1) is 29.8. The Morgan fingerprint density at radius 2 is 1.61 bits per heavy atom. The summed E-state index contributed by atoms with van der Waals surface area (Å²) >= 11 is 3.11. The number of carbonyl (C=O) groups is 2. The topological polar surface area (TPSA) is 66.4 Å². The van der Waals surface area contributed by atoms with Gasteiger partial charge in [-0.05, 0) is 84.3 Å². The highest BCUT2D eigenvalue weighted by atomic mass is 32.2. The predicted octanol–water partition coefficient (Wildman–Crippen LogP) is 8.52. The Hall–Kier alpha value is -2.78. The van der Waals surface area contributed by atoms with Gasteiger partial charge >= 0.3 is 12.1 Å². The zero-order valence-corrected chi connectivity index (χ0v) is 23.7. The molecule has 204 valence electrons. The van der Waals surface area contributed by atoms with Gasteiger partial charge in [0, 0.05) is 21.6 Å². The molecule has 0 spiro atoms. The molecule has 1 atom stereocenters. The molecule has 0 saturated heterocycles. The highest BCUT2D eigenvalue weighted by Gasteiger charge is 2.30. The average Bonchev–Trinajstić information content (AvgIpc) is 3.27. The molecule has 0 aliphatic rings. The van der Waals surface area contributed by atoms with E-state index in [4.69, 9.17) is 5.11 Å². The van der Waals surface area contributed by atoms with Crippen LogP contribution < -0.4 is 5.32 Å². The predicted molar refractivity (Wildman–Crippen MR) is 148 cm³/mol. The number of amides is 1. The second-order valence-electron chi connectivity index (χ2n) is 10.5. The van der Waals surface area contributed by atoms with Crippen LogP contribution in [0.2, 0.25) is 0 Å². The van der Waals surface area contributed by atoms with Crippen molar-refractivity contribution in [3.8, 4) is 11.1 Å². The van der Waals surface area contributed by atoms with Crippen LogP contribution in [0.4, 0.5) is 13.2 Å². The number of carboxylic acid groups (broad SMARTS) is 1. The smallest absolute Gasteiger partial charge is 0.416 e. The van der Waals surface area contributed by atoms with Gasteiger partial charge in [-0.1, -0.05) is 32.9 Å². The molecule has 3 aromatic rings. The molecule has 0 aliphatic carbocycles. The van der Waals surface area contributed by atoms with Gasteiger partial charge in [-0.25, -0.2) is 0 Å². The van der Waals surface area contributed by atoms with Crippen LogP contribution in [0.5, 0.6) is 0 Å². The number of aryl methyl sites for hydroxylation is 2. The molecule has 0 radical (unpaired) electrons. The number of alkyl halides is 3. The van der Waals surface area contributed by atoms with Crippen LogP contribution in [-0.2, 0) is 11.0 Å². The van der Waals surface area contributed by atoms with Gasteiger partial charge in [0.15, 0.2) is 0 Å². The molecule has 2 aromatic carbocycles. The lowest BCUT2D eigenvalue weighted by Gasteiger charge is -2.25. The number of nitrogens with one attached hydrogen (secondary N) is 1. The summed E-state index contributed by atoms with van der Waals surface area (Å²) in [6.07, 6.45) is -3.64. The molecule has 4 nitrogen and oxygen atoms in total. The van der Waals surface area contributed by atoms with E-state index in [2.05, 4.69) is 38.2 Å². The molecule has 3 rings (SSSR count). The van der Waals surface area contributed by atoms with E-state index in [0.29, 0.717) is 4.88 Å². The minimum Gasteiger partial charge on any atom is -0.481 e. The lowest BCUT2D eigenvalue weighted by molar-refractivity contribution is -0.138. The van der Waals surface area contributed by atoms with E-state index in [1.54, 1.807) is 17.8 Å². The molecule has 2 N–H and O–H groups in total. The number of benzene rings is 2. The molecule has 9 heteroatoms. The van der Waals surface area contributed by atoms with E-state index < -0.39 is 17.7 Å².